The maximum atomic E-state index is 6.14. The van der Waals surface area contributed by atoms with Crippen LogP contribution in [-0.4, -0.2) is 0 Å². The van der Waals surface area contributed by atoms with Crippen LogP contribution < -0.4 is 0 Å². The Morgan fingerprint density at radius 1 is 0.824 bits per heavy atom. The maximum absolute atomic E-state index is 6.14. The minimum atomic E-state index is 0.396. The molecule has 0 aliphatic carbocycles. The van der Waals surface area contributed by atoms with Gasteiger partial charge in [-0.15, -0.1) is 11.6 Å². The lowest BCUT2D eigenvalue weighted by atomic mass is 10.0. The first-order chi connectivity index (χ1) is 8.11. The summed E-state index contributed by atoms with van der Waals surface area (Å²) < 4.78 is 0. The molecule has 0 unspecified atom stereocenters. The zero-order valence-electron chi connectivity index (χ0n) is 8.68. The van der Waals surface area contributed by atoms with E-state index in [9.17, 15) is 0 Å². The van der Waals surface area contributed by atoms with E-state index in [0.717, 1.165) is 16.7 Å². The molecule has 2 rings (SSSR count). The van der Waals surface area contributed by atoms with E-state index in [-0.39, 0.29) is 0 Å². The van der Waals surface area contributed by atoms with Gasteiger partial charge in [0.15, 0.2) is 0 Å². The summed E-state index contributed by atoms with van der Waals surface area (Å²) in [7, 11) is 0. The largest absolute Gasteiger partial charge is 0.121 e. The van der Waals surface area contributed by atoms with Gasteiger partial charge >= 0.3 is 0 Å². The third-order valence-corrected chi connectivity index (χ3v) is 3.63. The second-order valence-electron chi connectivity index (χ2n) is 3.56. The Morgan fingerprint density at radius 2 is 1.59 bits per heavy atom. The van der Waals surface area contributed by atoms with E-state index in [0.29, 0.717) is 20.9 Å². The quantitative estimate of drug-likeness (QED) is 0.592. The number of halogens is 4. The van der Waals surface area contributed by atoms with Crippen LogP contribution in [0.5, 0.6) is 0 Å². The van der Waals surface area contributed by atoms with Crippen LogP contribution in [0.15, 0.2) is 36.4 Å². The van der Waals surface area contributed by atoms with Crippen molar-refractivity contribution in [2.45, 2.75) is 5.88 Å². The summed E-state index contributed by atoms with van der Waals surface area (Å²) in [6.07, 6.45) is 0. The molecule has 0 atom stereocenters. The van der Waals surface area contributed by atoms with E-state index in [1.807, 2.05) is 24.3 Å². The number of hydrogen-bond donors (Lipinski definition) is 0. The SMILES string of the molecule is ClCc1ccc(-c2ccc(Cl)cc2Cl)cc1Cl. The van der Waals surface area contributed by atoms with Gasteiger partial charge in [0.1, 0.15) is 0 Å². The molecule has 0 N–H and O–H groups in total. The van der Waals surface area contributed by atoms with Gasteiger partial charge in [-0.05, 0) is 29.3 Å². The zero-order valence-corrected chi connectivity index (χ0v) is 11.7. The van der Waals surface area contributed by atoms with Crippen LogP contribution in [0.3, 0.4) is 0 Å². The Bertz CT molecular complexity index is 549. The fourth-order valence-corrected chi connectivity index (χ4v) is 2.61. The lowest BCUT2D eigenvalue weighted by Gasteiger charge is -2.07. The molecule has 0 nitrogen and oxygen atoms in total. The minimum Gasteiger partial charge on any atom is -0.121 e. The van der Waals surface area contributed by atoms with Gasteiger partial charge in [0.05, 0.1) is 0 Å². The minimum absolute atomic E-state index is 0.396. The standard InChI is InChI=1S/C13H8Cl4/c14-7-9-2-1-8(5-12(9)16)11-4-3-10(15)6-13(11)17/h1-6H,7H2. The number of hydrogen-bond acceptors (Lipinski definition) is 0. The first kappa shape index (κ1) is 13.0. The summed E-state index contributed by atoms with van der Waals surface area (Å²) in [4.78, 5) is 0. The molecule has 0 aliphatic heterocycles. The highest BCUT2D eigenvalue weighted by Crippen LogP contribution is 2.32. The van der Waals surface area contributed by atoms with Gasteiger partial charge in [-0.3, -0.25) is 0 Å². The van der Waals surface area contributed by atoms with Crippen LogP contribution >= 0.6 is 46.4 Å². The Hall–Kier alpha value is -0.400. The van der Waals surface area contributed by atoms with Crippen LogP contribution in [0, 0.1) is 0 Å². The van der Waals surface area contributed by atoms with Crippen molar-refractivity contribution >= 4 is 46.4 Å². The van der Waals surface area contributed by atoms with Crippen molar-refractivity contribution in [3.05, 3.63) is 57.0 Å². The molecule has 4 heteroatoms. The van der Waals surface area contributed by atoms with E-state index >= 15 is 0 Å². The van der Waals surface area contributed by atoms with E-state index in [4.69, 9.17) is 46.4 Å². The summed E-state index contributed by atoms with van der Waals surface area (Å²) in [5.74, 6) is 0.396. The van der Waals surface area contributed by atoms with Crippen LogP contribution in [0.1, 0.15) is 5.56 Å². The summed E-state index contributed by atoms with van der Waals surface area (Å²) in [5, 5.41) is 1.86. The molecule has 0 aliphatic rings. The molecule has 0 amide bonds. The predicted octanol–water partition coefficient (Wildman–Crippen LogP) is 6.05. The summed E-state index contributed by atoms with van der Waals surface area (Å²) in [6.45, 7) is 0. The van der Waals surface area contributed by atoms with E-state index in [1.165, 1.54) is 0 Å². The van der Waals surface area contributed by atoms with Crippen molar-refractivity contribution in [1.82, 2.24) is 0 Å². The van der Waals surface area contributed by atoms with Crippen LogP contribution in [0.25, 0.3) is 11.1 Å². The van der Waals surface area contributed by atoms with Gasteiger partial charge < -0.3 is 0 Å². The summed E-state index contributed by atoms with van der Waals surface area (Å²) in [5.41, 5.74) is 2.76. The Morgan fingerprint density at radius 3 is 2.18 bits per heavy atom. The Kier molecular flexibility index (Phi) is 4.22. The number of rotatable bonds is 2. The van der Waals surface area contributed by atoms with Gasteiger partial charge in [0.2, 0.25) is 0 Å². The number of alkyl halides is 1. The molecule has 0 aromatic heterocycles. The molecule has 0 heterocycles. The number of benzene rings is 2. The third-order valence-electron chi connectivity index (χ3n) is 2.44. The smallest absolute Gasteiger partial charge is 0.0499 e. The monoisotopic (exact) mass is 304 g/mol. The zero-order chi connectivity index (χ0) is 12.4. The second-order valence-corrected chi connectivity index (χ2v) is 5.08. The van der Waals surface area contributed by atoms with Gasteiger partial charge in [0, 0.05) is 26.5 Å². The van der Waals surface area contributed by atoms with Crippen LogP contribution in [0.4, 0.5) is 0 Å². The molecule has 0 bridgehead atoms. The summed E-state index contributed by atoms with van der Waals surface area (Å²) >= 11 is 23.9. The molecule has 0 radical (unpaired) electrons. The lowest BCUT2D eigenvalue weighted by molar-refractivity contribution is 1.40. The normalized spacial score (nSPS) is 10.6. The van der Waals surface area contributed by atoms with Crippen molar-refractivity contribution in [2.24, 2.45) is 0 Å². The van der Waals surface area contributed by atoms with E-state index in [2.05, 4.69) is 0 Å². The highest BCUT2D eigenvalue weighted by atomic mass is 35.5. The fourth-order valence-electron chi connectivity index (χ4n) is 1.55. The molecular weight excluding hydrogens is 298 g/mol. The average Bonchev–Trinajstić information content (AvgIpc) is 2.29. The average molecular weight is 306 g/mol. The second kappa shape index (κ2) is 5.49. The Labute approximate surface area is 120 Å². The van der Waals surface area contributed by atoms with Crippen molar-refractivity contribution in [3.63, 3.8) is 0 Å². The molecule has 0 saturated carbocycles. The molecule has 0 fully saturated rings. The molecule has 0 saturated heterocycles. The maximum Gasteiger partial charge on any atom is 0.0499 e. The van der Waals surface area contributed by atoms with Crippen molar-refractivity contribution in [2.75, 3.05) is 0 Å². The lowest BCUT2D eigenvalue weighted by Crippen LogP contribution is -1.84. The molecule has 17 heavy (non-hydrogen) atoms. The molecule has 2 aromatic carbocycles. The first-order valence-corrected chi connectivity index (χ1v) is 6.58. The topological polar surface area (TPSA) is 0 Å². The first-order valence-electron chi connectivity index (χ1n) is 4.91. The molecule has 88 valence electrons. The Balaban J connectivity index is 2.50. The molecular formula is C13H8Cl4. The van der Waals surface area contributed by atoms with Gasteiger partial charge in [-0.25, -0.2) is 0 Å². The highest BCUT2D eigenvalue weighted by molar-refractivity contribution is 6.36. The molecule has 2 aromatic rings. The molecule has 0 spiro atoms. The van der Waals surface area contributed by atoms with Gasteiger partial charge in [0.25, 0.3) is 0 Å². The van der Waals surface area contributed by atoms with Crippen LogP contribution in [-0.2, 0) is 5.88 Å². The van der Waals surface area contributed by atoms with Crippen molar-refractivity contribution < 1.29 is 0 Å². The van der Waals surface area contributed by atoms with E-state index < -0.39 is 0 Å². The van der Waals surface area contributed by atoms with Crippen molar-refractivity contribution in [3.8, 4) is 11.1 Å². The van der Waals surface area contributed by atoms with Gasteiger partial charge in [-0.1, -0.05) is 53.0 Å². The predicted molar refractivity (Wildman–Crippen MR) is 76.5 cm³/mol. The highest BCUT2D eigenvalue weighted by Gasteiger charge is 2.06. The third kappa shape index (κ3) is 2.89. The fraction of sp³-hybridized carbons (Fsp3) is 0.0769. The van der Waals surface area contributed by atoms with Crippen molar-refractivity contribution in [1.29, 1.82) is 0 Å². The summed E-state index contributed by atoms with van der Waals surface area (Å²) in [6, 6.07) is 11.1. The van der Waals surface area contributed by atoms with E-state index in [1.54, 1.807) is 12.1 Å². The van der Waals surface area contributed by atoms with Gasteiger partial charge in [-0.2, -0.15) is 0 Å². The van der Waals surface area contributed by atoms with Crippen LogP contribution in [0.2, 0.25) is 15.1 Å².